The average Bonchev–Trinajstić information content (AvgIpc) is 2.55. The van der Waals surface area contributed by atoms with Crippen molar-refractivity contribution >= 4 is 15.9 Å². The lowest BCUT2D eigenvalue weighted by molar-refractivity contribution is 0.191. The Bertz CT molecular complexity index is 674. The number of hydrogen-bond donors (Lipinski definition) is 2. The van der Waals surface area contributed by atoms with Crippen LogP contribution in [0.1, 0.15) is 23.6 Å². The van der Waals surface area contributed by atoms with E-state index in [1.165, 1.54) is 5.56 Å². The zero-order chi connectivity index (χ0) is 17.5. The molecule has 0 aliphatic heterocycles. The van der Waals surface area contributed by atoms with Gasteiger partial charge in [-0.3, -0.25) is 0 Å². The summed E-state index contributed by atoms with van der Waals surface area (Å²) in [4.78, 5) is 0. The fourth-order valence-electron chi connectivity index (χ4n) is 2.33. The molecule has 0 saturated carbocycles. The van der Waals surface area contributed by atoms with E-state index >= 15 is 0 Å². The highest BCUT2D eigenvalue weighted by Crippen LogP contribution is 2.34. The molecule has 0 amide bonds. The maximum absolute atomic E-state index is 9.33. The van der Waals surface area contributed by atoms with Crippen molar-refractivity contribution in [2.45, 2.75) is 33.1 Å². The van der Waals surface area contributed by atoms with E-state index < -0.39 is 0 Å². The van der Waals surface area contributed by atoms with E-state index in [0.29, 0.717) is 31.2 Å². The highest BCUT2D eigenvalue weighted by molar-refractivity contribution is 9.10. The minimum absolute atomic E-state index is 0.373. The fraction of sp³-hybridized carbons (Fsp3) is 0.368. The number of aliphatic hydroxyl groups excluding tert-OH is 1. The van der Waals surface area contributed by atoms with Crippen LogP contribution in [0.5, 0.6) is 11.5 Å². The van der Waals surface area contributed by atoms with Gasteiger partial charge in [-0.2, -0.15) is 0 Å². The minimum Gasteiger partial charge on any atom is -0.493 e. The van der Waals surface area contributed by atoms with Gasteiger partial charge in [0.15, 0.2) is 11.5 Å². The fourth-order valence-corrected chi connectivity index (χ4v) is 2.79. The molecule has 4 nitrogen and oxygen atoms in total. The Morgan fingerprint density at radius 1 is 1.17 bits per heavy atom. The highest BCUT2D eigenvalue weighted by Gasteiger charge is 2.11. The molecule has 0 heterocycles. The summed E-state index contributed by atoms with van der Waals surface area (Å²) >= 11 is 3.58. The Labute approximate surface area is 151 Å². The van der Waals surface area contributed by atoms with Crippen LogP contribution in [0, 0.1) is 6.92 Å². The Balaban J connectivity index is 2.10. The van der Waals surface area contributed by atoms with Crippen LogP contribution in [-0.2, 0) is 13.2 Å². The predicted molar refractivity (Wildman–Crippen MR) is 99.6 cm³/mol. The Morgan fingerprint density at radius 3 is 2.58 bits per heavy atom. The van der Waals surface area contributed by atoms with E-state index in [4.69, 9.17) is 9.47 Å². The smallest absolute Gasteiger partial charge is 0.162 e. The molecular weight excluding hydrogens is 370 g/mol. The van der Waals surface area contributed by atoms with E-state index in [9.17, 15) is 5.11 Å². The monoisotopic (exact) mass is 393 g/mol. The molecule has 0 fully saturated rings. The molecule has 1 atom stereocenters. The lowest BCUT2D eigenvalue weighted by Crippen LogP contribution is -2.24. The van der Waals surface area contributed by atoms with Crippen molar-refractivity contribution in [2.24, 2.45) is 0 Å². The summed E-state index contributed by atoms with van der Waals surface area (Å²) in [6.07, 6.45) is -0.373. The zero-order valence-corrected chi connectivity index (χ0v) is 15.9. The highest BCUT2D eigenvalue weighted by atomic mass is 79.9. The summed E-state index contributed by atoms with van der Waals surface area (Å²) in [5.41, 5.74) is 3.41. The summed E-state index contributed by atoms with van der Waals surface area (Å²) in [5.74, 6) is 1.40. The number of halogens is 1. The van der Waals surface area contributed by atoms with Gasteiger partial charge in [0, 0.05) is 17.6 Å². The molecule has 2 N–H and O–H groups in total. The minimum atomic E-state index is -0.373. The van der Waals surface area contributed by atoms with E-state index in [1.54, 1.807) is 14.0 Å². The van der Waals surface area contributed by atoms with Crippen molar-refractivity contribution in [3.05, 3.63) is 57.6 Å². The Kier molecular flexibility index (Phi) is 7.09. The molecule has 0 spiro atoms. The van der Waals surface area contributed by atoms with Crippen LogP contribution in [0.4, 0.5) is 0 Å². The quantitative estimate of drug-likeness (QED) is 0.715. The van der Waals surface area contributed by atoms with Crippen molar-refractivity contribution in [1.82, 2.24) is 5.32 Å². The summed E-state index contributed by atoms with van der Waals surface area (Å²) in [5, 5.41) is 12.5. The standard InChI is InChI=1S/C19H24BrNO3/c1-13-6-4-5-7-15(13)12-24-19-9-17(20)16(8-18(19)23-3)11-21-10-14(2)22/h4-9,14,21-22H,10-12H2,1-3H3. The van der Waals surface area contributed by atoms with Gasteiger partial charge in [-0.15, -0.1) is 0 Å². The van der Waals surface area contributed by atoms with E-state index in [-0.39, 0.29) is 6.10 Å². The van der Waals surface area contributed by atoms with Crippen LogP contribution in [0.25, 0.3) is 0 Å². The van der Waals surface area contributed by atoms with Crippen molar-refractivity contribution in [1.29, 1.82) is 0 Å². The van der Waals surface area contributed by atoms with Gasteiger partial charge in [0.2, 0.25) is 0 Å². The van der Waals surface area contributed by atoms with Crippen LogP contribution in [-0.4, -0.2) is 24.9 Å². The van der Waals surface area contributed by atoms with Crippen LogP contribution < -0.4 is 14.8 Å². The van der Waals surface area contributed by atoms with E-state index in [2.05, 4.69) is 40.3 Å². The van der Waals surface area contributed by atoms with Crippen molar-refractivity contribution < 1.29 is 14.6 Å². The first-order valence-electron chi connectivity index (χ1n) is 7.93. The number of benzene rings is 2. The number of ether oxygens (including phenoxy) is 2. The first-order valence-corrected chi connectivity index (χ1v) is 8.73. The predicted octanol–water partition coefficient (Wildman–Crippen LogP) is 3.82. The van der Waals surface area contributed by atoms with Crippen LogP contribution in [0.15, 0.2) is 40.9 Å². The summed E-state index contributed by atoms with van der Waals surface area (Å²) in [6.45, 7) is 5.50. The number of aryl methyl sites for hydroxylation is 1. The van der Waals surface area contributed by atoms with Crippen molar-refractivity contribution in [3.63, 3.8) is 0 Å². The normalized spacial score (nSPS) is 12.0. The Morgan fingerprint density at radius 2 is 1.92 bits per heavy atom. The van der Waals surface area contributed by atoms with Gasteiger partial charge in [0.25, 0.3) is 0 Å². The molecule has 2 aromatic carbocycles. The average molecular weight is 394 g/mol. The lowest BCUT2D eigenvalue weighted by Gasteiger charge is -2.15. The molecule has 0 radical (unpaired) electrons. The molecule has 130 valence electrons. The topological polar surface area (TPSA) is 50.7 Å². The van der Waals surface area contributed by atoms with Crippen molar-refractivity contribution in [3.8, 4) is 11.5 Å². The lowest BCUT2D eigenvalue weighted by atomic mass is 10.1. The summed E-state index contributed by atoms with van der Waals surface area (Å²) < 4.78 is 12.4. The molecular formula is C19H24BrNO3. The first kappa shape index (κ1) is 18.8. The number of methoxy groups -OCH3 is 1. The second kappa shape index (κ2) is 9.06. The third kappa shape index (κ3) is 5.23. The number of hydrogen-bond acceptors (Lipinski definition) is 4. The van der Waals surface area contributed by atoms with Gasteiger partial charge in [0.1, 0.15) is 6.61 Å². The van der Waals surface area contributed by atoms with Crippen LogP contribution in [0.2, 0.25) is 0 Å². The molecule has 2 rings (SSSR count). The first-order chi connectivity index (χ1) is 11.5. The van der Waals surface area contributed by atoms with Crippen molar-refractivity contribution in [2.75, 3.05) is 13.7 Å². The number of aliphatic hydroxyl groups is 1. The third-order valence-electron chi connectivity index (χ3n) is 3.73. The Hall–Kier alpha value is -1.56. The zero-order valence-electron chi connectivity index (χ0n) is 14.3. The second-order valence-corrected chi connectivity index (χ2v) is 6.64. The summed E-state index contributed by atoms with van der Waals surface area (Å²) in [7, 11) is 1.64. The molecule has 5 heteroatoms. The van der Waals surface area contributed by atoms with Gasteiger partial charge in [0.05, 0.1) is 13.2 Å². The van der Waals surface area contributed by atoms with Gasteiger partial charge >= 0.3 is 0 Å². The summed E-state index contributed by atoms with van der Waals surface area (Å²) in [6, 6.07) is 12.0. The van der Waals surface area contributed by atoms with Gasteiger partial charge in [-0.25, -0.2) is 0 Å². The van der Waals surface area contributed by atoms with E-state index in [0.717, 1.165) is 15.6 Å². The largest absolute Gasteiger partial charge is 0.493 e. The molecule has 0 aromatic heterocycles. The number of rotatable bonds is 8. The van der Waals surface area contributed by atoms with Gasteiger partial charge < -0.3 is 19.9 Å². The molecule has 0 saturated heterocycles. The molecule has 2 aromatic rings. The second-order valence-electron chi connectivity index (χ2n) is 5.79. The molecule has 0 aliphatic carbocycles. The van der Waals surface area contributed by atoms with Crippen LogP contribution in [0.3, 0.4) is 0 Å². The van der Waals surface area contributed by atoms with Crippen LogP contribution >= 0.6 is 15.9 Å². The maximum Gasteiger partial charge on any atom is 0.162 e. The van der Waals surface area contributed by atoms with E-state index in [1.807, 2.05) is 24.3 Å². The van der Waals surface area contributed by atoms with Gasteiger partial charge in [-0.1, -0.05) is 40.2 Å². The molecule has 24 heavy (non-hydrogen) atoms. The van der Waals surface area contributed by atoms with Gasteiger partial charge in [-0.05, 0) is 42.7 Å². The SMILES string of the molecule is COc1cc(CNCC(C)O)c(Br)cc1OCc1ccccc1C. The maximum atomic E-state index is 9.33. The third-order valence-corrected chi connectivity index (χ3v) is 4.47. The molecule has 1 unspecified atom stereocenters. The molecule has 0 bridgehead atoms. The molecule has 0 aliphatic rings. The number of nitrogens with one attached hydrogen (secondary N) is 1.